The lowest BCUT2D eigenvalue weighted by atomic mass is 10.4. The zero-order chi connectivity index (χ0) is 15.1. The van der Waals surface area contributed by atoms with Gasteiger partial charge in [-0.05, 0) is 20.0 Å². The normalized spacial score (nSPS) is 11.7. The highest BCUT2D eigenvalue weighted by atomic mass is 15.2. The smallest absolute Gasteiger partial charge is 0.0885 e. The van der Waals surface area contributed by atoms with Crippen molar-refractivity contribution in [1.82, 2.24) is 15.1 Å². The van der Waals surface area contributed by atoms with E-state index < -0.39 is 0 Å². The summed E-state index contributed by atoms with van der Waals surface area (Å²) < 4.78 is 0. The van der Waals surface area contributed by atoms with Crippen LogP contribution in [0.1, 0.15) is 13.3 Å². The molecule has 0 atom stereocenters. The van der Waals surface area contributed by atoms with E-state index in [0.717, 1.165) is 72.0 Å². The van der Waals surface area contributed by atoms with Crippen molar-refractivity contribution in [3.8, 4) is 0 Å². The third kappa shape index (κ3) is 12.8. The highest BCUT2D eigenvalue weighted by Gasteiger charge is 2.07. The first kappa shape index (κ1) is 19.8. The van der Waals surface area contributed by atoms with Gasteiger partial charge in [0.15, 0.2) is 0 Å². The van der Waals surface area contributed by atoms with Crippen LogP contribution in [0.15, 0.2) is 0 Å². The van der Waals surface area contributed by atoms with Gasteiger partial charge in [-0.2, -0.15) is 0 Å². The molecule has 0 amide bonds. The van der Waals surface area contributed by atoms with Crippen molar-refractivity contribution in [2.75, 3.05) is 79.0 Å². The van der Waals surface area contributed by atoms with E-state index in [-0.39, 0.29) is 0 Å². The second kappa shape index (κ2) is 15.2. The largest absolute Gasteiger partial charge is 0.344 e. The van der Waals surface area contributed by atoms with E-state index in [0.29, 0.717) is 0 Å². The molecule has 0 spiro atoms. The van der Waals surface area contributed by atoms with Crippen LogP contribution < -0.4 is 22.1 Å². The first-order valence-corrected chi connectivity index (χ1v) is 8.08. The molecule has 0 heterocycles. The third-order valence-corrected chi connectivity index (χ3v) is 3.36. The maximum Gasteiger partial charge on any atom is 0.0885 e. The topological polar surface area (TPSA) is 87.2 Å². The first-order chi connectivity index (χ1) is 9.74. The van der Waals surface area contributed by atoms with Crippen molar-refractivity contribution in [2.24, 2.45) is 11.5 Å². The van der Waals surface area contributed by atoms with Gasteiger partial charge < -0.3 is 27.0 Å². The first-order valence-electron chi connectivity index (χ1n) is 8.08. The maximum absolute atomic E-state index is 5.58. The Balaban J connectivity index is 3.84. The van der Waals surface area contributed by atoms with Crippen molar-refractivity contribution < 1.29 is 5.32 Å². The van der Waals surface area contributed by atoms with Crippen LogP contribution >= 0.6 is 0 Å². The maximum atomic E-state index is 5.58. The molecule has 20 heavy (non-hydrogen) atoms. The number of hydrogen-bond acceptors (Lipinski definition) is 5. The van der Waals surface area contributed by atoms with Gasteiger partial charge in [0.25, 0.3) is 0 Å². The van der Waals surface area contributed by atoms with Gasteiger partial charge in [0.2, 0.25) is 0 Å². The minimum absolute atomic E-state index is 0.735. The van der Waals surface area contributed by atoms with Crippen molar-refractivity contribution in [2.45, 2.75) is 13.3 Å². The number of rotatable bonds is 15. The lowest BCUT2D eigenvalue weighted by Gasteiger charge is -2.25. The average Bonchev–Trinajstić information content (AvgIpc) is 2.44. The molecule has 0 bridgehead atoms. The Kier molecular flexibility index (Phi) is 15.0. The highest BCUT2D eigenvalue weighted by Crippen LogP contribution is 1.89. The molecule has 7 N–H and O–H groups in total. The number of likely N-dealkylation sites (N-methyl/N-ethyl adjacent to an activating group) is 1. The van der Waals surface area contributed by atoms with E-state index in [2.05, 4.69) is 34.4 Å². The predicted octanol–water partition coefficient (Wildman–Crippen LogP) is -2.30. The van der Waals surface area contributed by atoms with E-state index >= 15 is 0 Å². The molecule has 122 valence electrons. The molecule has 0 aromatic carbocycles. The minimum Gasteiger partial charge on any atom is -0.344 e. The molecule has 0 aliphatic carbocycles. The number of quaternary nitrogens is 1. The van der Waals surface area contributed by atoms with Crippen molar-refractivity contribution in [3.05, 3.63) is 0 Å². The number of hydrogen-bond donors (Lipinski definition) is 4. The van der Waals surface area contributed by atoms with Gasteiger partial charge in [-0.15, -0.1) is 0 Å². The van der Waals surface area contributed by atoms with Crippen molar-refractivity contribution in [1.29, 1.82) is 0 Å². The van der Waals surface area contributed by atoms with E-state index in [9.17, 15) is 0 Å². The van der Waals surface area contributed by atoms with E-state index in [1.165, 1.54) is 6.42 Å². The van der Waals surface area contributed by atoms with Crippen LogP contribution in [0.5, 0.6) is 0 Å². The van der Waals surface area contributed by atoms with Gasteiger partial charge in [0.05, 0.1) is 13.1 Å². The summed E-state index contributed by atoms with van der Waals surface area (Å²) in [4.78, 5) is 4.83. The second-order valence-corrected chi connectivity index (χ2v) is 5.34. The average molecular weight is 289 g/mol. The molecule has 0 fully saturated rings. The fourth-order valence-electron chi connectivity index (χ4n) is 2.05. The molecule has 0 radical (unpaired) electrons. The Morgan fingerprint density at radius 1 is 0.900 bits per heavy atom. The highest BCUT2D eigenvalue weighted by molar-refractivity contribution is 4.62. The Labute approximate surface area is 125 Å². The van der Waals surface area contributed by atoms with E-state index in [4.69, 9.17) is 11.5 Å². The Morgan fingerprint density at radius 2 is 1.70 bits per heavy atom. The van der Waals surface area contributed by atoms with Gasteiger partial charge >= 0.3 is 0 Å². The van der Waals surface area contributed by atoms with Crippen LogP contribution in [-0.4, -0.2) is 88.8 Å². The van der Waals surface area contributed by atoms with E-state index in [1.807, 2.05) is 0 Å². The predicted molar refractivity (Wildman–Crippen MR) is 86.9 cm³/mol. The molecule has 6 nitrogen and oxygen atoms in total. The lowest BCUT2D eigenvalue weighted by Crippen LogP contribution is -2.87. The van der Waals surface area contributed by atoms with Crippen LogP contribution in [0.4, 0.5) is 0 Å². The molecule has 6 heteroatoms. The van der Waals surface area contributed by atoms with Gasteiger partial charge in [0, 0.05) is 52.4 Å². The third-order valence-electron chi connectivity index (χ3n) is 3.36. The quantitative estimate of drug-likeness (QED) is 0.255. The molecule has 0 saturated heterocycles. The molecule has 0 aliphatic rings. The summed E-state index contributed by atoms with van der Waals surface area (Å²) in [5.74, 6) is 0. The summed E-state index contributed by atoms with van der Waals surface area (Å²) in [5.41, 5.74) is 11.1. The minimum atomic E-state index is 0.735. The second-order valence-electron chi connectivity index (χ2n) is 5.34. The van der Waals surface area contributed by atoms with Crippen molar-refractivity contribution in [3.63, 3.8) is 0 Å². The molecule has 0 saturated carbocycles. The Bertz CT molecular complexity index is 179. The molecule has 0 aromatic rings. The summed E-state index contributed by atoms with van der Waals surface area (Å²) in [7, 11) is 2.14. The number of nitrogens with two attached hydrogens (primary N) is 3. The standard InChI is InChI=1S/C14H36N6/c1-3-6-17-8-11-20(12-9-18-7-4-15)14-13-19(2)10-5-16/h17-18H,3-16H2,1-2H3/p+1. The summed E-state index contributed by atoms with van der Waals surface area (Å²) >= 11 is 0. The monoisotopic (exact) mass is 289 g/mol. The van der Waals surface area contributed by atoms with E-state index in [1.54, 1.807) is 0 Å². The fourth-order valence-corrected chi connectivity index (χ4v) is 2.05. The molecular weight excluding hydrogens is 252 g/mol. The summed E-state index contributed by atoms with van der Waals surface area (Å²) in [6.07, 6.45) is 1.20. The van der Waals surface area contributed by atoms with Gasteiger partial charge in [-0.1, -0.05) is 6.92 Å². The number of nitrogens with zero attached hydrogens (tertiary/aromatic N) is 2. The lowest BCUT2D eigenvalue weighted by molar-refractivity contribution is -0.652. The summed E-state index contributed by atoms with van der Waals surface area (Å²) in [6.45, 7) is 13.5. The molecule has 0 aromatic heterocycles. The SMILES string of the molecule is CCCNCCN(CC[NH2+]CCN)CCN(C)CCN. The fraction of sp³-hybridized carbons (Fsp3) is 1.00. The van der Waals surface area contributed by atoms with Gasteiger partial charge in [-0.3, -0.25) is 4.90 Å². The van der Waals surface area contributed by atoms with Crippen LogP contribution in [0.25, 0.3) is 0 Å². The van der Waals surface area contributed by atoms with Crippen LogP contribution in [0.3, 0.4) is 0 Å². The summed E-state index contributed by atoms with van der Waals surface area (Å²) in [5, 5.41) is 5.78. The van der Waals surface area contributed by atoms with Crippen LogP contribution in [-0.2, 0) is 0 Å². The Morgan fingerprint density at radius 3 is 2.35 bits per heavy atom. The zero-order valence-electron chi connectivity index (χ0n) is 13.6. The molecular formula is C14H37N6+. The van der Waals surface area contributed by atoms with Gasteiger partial charge in [0.1, 0.15) is 0 Å². The molecule has 0 unspecified atom stereocenters. The molecule has 0 rings (SSSR count). The molecule has 0 aliphatic heterocycles. The Hall–Kier alpha value is -0.240. The van der Waals surface area contributed by atoms with Crippen LogP contribution in [0, 0.1) is 0 Å². The van der Waals surface area contributed by atoms with Crippen LogP contribution in [0.2, 0.25) is 0 Å². The number of nitrogens with one attached hydrogen (secondary N) is 1. The van der Waals surface area contributed by atoms with Crippen molar-refractivity contribution >= 4 is 0 Å². The zero-order valence-corrected chi connectivity index (χ0v) is 13.6. The summed E-state index contributed by atoms with van der Waals surface area (Å²) in [6, 6.07) is 0. The van der Waals surface area contributed by atoms with Gasteiger partial charge in [-0.25, -0.2) is 0 Å².